The van der Waals surface area contributed by atoms with Crippen LogP contribution in [0.25, 0.3) is 17.0 Å². The molecule has 4 rings (SSSR count). The number of methoxy groups -OCH3 is 2. The maximum Gasteiger partial charge on any atom is 0.244 e. The zero-order valence-corrected chi connectivity index (χ0v) is 16.8. The van der Waals surface area contributed by atoms with E-state index in [1.54, 1.807) is 27.2 Å². The van der Waals surface area contributed by atoms with Crippen LogP contribution in [-0.2, 0) is 6.42 Å². The number of benzene rings is 2. The maximum atomic E-state index is 13.6. The Balaban J connectivity index is 1.82. The van der Waals surface area contributed by atoms with Gasteiger partial charge < -0.3 is 18.8 Å². The number of ketones is 1. The van der Waals surface area contributed by atoms with Crippen LogP contribution in [0.4, 0.5) is 4.39 Å². The first-order valence-electron chi connectivity index (χ1n) is 9.34. The number of aryl methyl sites for hydroxylation is 1. The van der Waals surface area contributed by atoms with Crippen LogP contribution in [0.3, 0.4) is 0 Å². The third-order valence-corrected chi connectivity index (χ3v) is 5.40. The lowest BCUT2D eigenvalue weighted by Gasteiger charge is -2.19. The fourth-order valence-electron chi connectivity index (χ4n) is 3.72. The third-order valence-electron chi connectivity index (χ3n) is 5.40. The summed E-state index contributed by atoms with van der Waals surface area (Å²) in [6.45, 7) is 2.44. The van der Waals surface area contributed by atoms with Crippen molar-refractivity contribution in [2.24, 2.45) is 0 Å². The van der Waals surface area contributed by atoms with Gasteiger partial charge in [-0.15, -0.1) is 0 Å². The molecule has 0 saturated heterocycles. The Morgan fingerprint density at radius 2 is 1.86 bits per heavy atom. The smallest absolute Gasteiger partial charge is 0.244 e. The highest BCUT2D eigenvalue weighted by molar-refractivity contribution is 6.12. The van der Waals surface area contributed by atoms with Gasteiger partial charge in [0.05, 0.1) is 19.9 Å². The molecule has 1 aromatic heterocycles. The van der Waals surface area contributed by atoms with Crippen LogP contribution in [0.5, 0.6) is 11.5 Å². The summed E-state index contributed by atoms with van der Waals surface area (Å²) in [5, 5.41) is 0.608. The molecule has 5 nitrogen and oxygen atoms in total. The number of nitrogens with zero attached hydrogens (tertiary/aromatic N) is 1. The van der Waals surface area contributed by atoms with Crippen LogP contribution in [0.2, 0.25) is 0 Å². The lowest BCUT2D eigenvalue weighted by Crippen LogP contribution is -2.24. The van der Waals surface area contributed by atoms with Crippen molar-refractivity contribution in [3.63, 3.8) is 0 Å². The molecule has 0 fully saturated rings. The Kier molecular flexibility index (Phi) is 4.78. The van der Waals surface area contributed by atoms with Gasteiger partial charge in [-0.05, 0) is 60.9 Å². The molecule has 0 aliphatic carbocycles. The Labute approximate surface area is 168 Å². The van der Waals surface area contributed by atoms with E-state index in [1.807, 2.05) is 30.2 Å². The van der Waals surface area contributed by atoms with Crippen LogP contribution in [0.1, 0.15) is 27.2 Å². The van der Waals surface area contributed by atoms with Gasteiger partial charge in [0.25, 0.3) is 0 Å². The third kappa shape index (κ3) is 3.24. The van der Waals surface area contributed by atoms with Crippen molar-refractivity contribution in [1.82, 2.24) is 4.90 Å². The minimum atomic E-state index is -0.360. The highest BCUT2D eigenvalue weighted by Gasteiger charge is 2.26. The van der Waals surface area contributed by atoms with Gasteiger partial charge >= 0.3 is 0 Å². The second kappa shape index (κ2) is 7.28. The molecule has 0 bridgehead atoms. The Bertz CT molecular complexity index is 1150. The number of carbonyl (C=O) groups excluding carboxylic acids is 1. The summed E-state index contributed by atoms with van der Waals surface area (Å²) in [6.07, 6.45) is 2.60. The van der Waals surface area contributed by atoms with E-state index in [0.29, 0.717) is 40.3 Å². The number of fused-ring (bicyclic) bond motifs is 2. The first-order chi connectivity index (χ1) is 13.9. The van der Waals surface area contributed by atoms with Crippen molar-refractivity contribution >= 4 is 22.8 Å². The Morgan fingerprint density at radius 1 is 1.14 bits per heavy atom. The summed E-state index contributed by atoms with van der Waals surface area (Å²) in [5.74, 6) is 0.902. The van der Waals surface area contributed by atoms with Crippen LogP contribution in [0.15, 0.2) is 40.4 Å². The van der Waals surface area contributed by atoms with E-state index < -0.39 is 0 Å². The molecule has 150 valence electrons. The standard InChI is InChI=1S/C23H22FNO4/c1-13-17-12-16(24)5-6-19(17)29-23(13)22(26)18-9-15-11-21(28-4)20(27-3)10-14(15)7-8-25(18)2/h5-6,9-12H,7-8H2,1-4H3. The number of likely N-dealkylation sites (N-methyl/N-ethyl adjacent to an activating group) is 1. The average Bonchev–Trinajstić information content (AvgIpc) is 2.95. The lowest BCUT2D eigenvalue weighted by molar-refractivity contribution is 0.0976. The van der Waals surface area contributed by atoms with Gasteiger partial charge in [0.1, 0.15) is 11.4 Å². The van der Waals surface area contributed by atoms with Gasteiger partial charge in [0, 0.05) is 24.5 Å². The Hall–Kier alpha value is -3.28. The van der Waals surface area contributed by atoms with Gasteiger partial charge in [-0.3, -0.25) is 4.79 Å². The molecule has 6 heteroatoms. The summed E-state index contributed by atoms with van der Waals surface area (Å²) >= 11 is 0. The summed E-state index contributed by atoms with van der Waals surface area (Å²) in [7, 11) is 5.06. The topological polar surface area (TPSA) is 51.9 Å². The first kappa shape index (κ1) is 19.1. The summed E-state index contributed by atoms with van der Waals surface area (Å²) < 4.78 is 30.2. The molecular weight excluding hydrogens is 373 g/mol. The number of halogens is 1. The molecule has 1 aliphatic rings. The highest BCUT2D eigenvalue weighted by Crippen LogP contribution is 2.35. The fourth-order valence-corrected chi connectivity index (χ4v) is 3.72. The van der Waals surface area contributed by atoms with E-state index in [4.69, 9.17) is 13.9 Å². The number of carbonyl (C=O) groups is 1. The summed E-state index contributed by atoms with van der Waals surface area (Å²) in [5.41, 5.74) is 3.61. The van der Waals surface area contributed by atoms with Crippen molar-refractivity contribution in [2.75, 3.05) is 27.8 Å². The molecule has 1 aliphatic heterocycles. The highest BCUT2D eigenvalue weighted by atomic mass is 19.1. The summed E-state index contributed by atoms with van der Waals surface area (Å²) in [6, 6.07) is 8.09. The first-order valence-corrected chi connectivity index (χ1v) is 9.34. The van der Waals surface area contributed by atoms with E-state index >= 15 is 0 Å². The second-order valence-corrected chi connectivity index (χ2v) is 7.13. The number of furan rings is 1. The number of ether oxygens (including phenoxy) is 2. The average molecular weight is 395 g/mol. The summed E-state index contributed by atoms with van der Waals surface area (Å²) in [4.78, 5) is 15.3. The van der Waals surface area contributed by atoms with Crippen molar-refractivity contribution in [1.29, 1.82) is 0 Å². The molecule has 2 aromatic carbocycles. The molecule has 0 N–H and O–H groups in total. The lowest BCUT2D eigenvalue weighted by atomic mass is 10.0. The second-order valence-electron chi connectivity index (χ2n) is 7.13. The van der Waals surface area contributed by atoms with Gasteiger partial charge in [-0.1, -0.05) is 0 Å². The minimum absolute atomic E-state index is 0.229. The predicted molar refractivity (Wildman–Crippen MR) is 109 cm³/mol. The molecule has 0 saturated carbocycles. The molecule has 0 radical (unpaired) electrons. The van der Waals surface area contributed by atoms with Crippen molar-refractivity contribution < 1.29 is 23.1 Å². The van der Waals surface area contributed by atoms with Crippen molar-refractivity contribution in [2.45, 2.75) is 13.3 Å². The molecule has 29 heavy (non-hydrogen) atoms. The molecule has 0 atom stereocenters. The number of rotatable bonds is 4. The largest absolute Gasteiger partial charge is 0.493 e. The van der Waals surface area contributed by atoms with Gasteiger partial charge in [0.2, 0.25) is 5.78 Å². The molecule has 0 unspecified atom stereocenters. The van der Waals surface area contributed by atoms with Crippen LogP contribution >= 0.6 is 0 Å². The zero-order chi connectivity index (χ0) is 20.7. The molecule has 0 spiro atoms. The number of hydrogen-bond donors (Lipinski definition) is 0. The van der Waals surface area contributed by atoms with Crippen LogP contribution in [-0.4, -0.2) is 38.5 Å². The van der Waals surface area contributed by atoms with Gasteiger partial charge in [0.15, 0.2) is 17.3 Å². The number of allylic oxidation sites excluding steroid dienone is 1. The van der Waals surface area contributed by atoms with Gasteiger partial charge in [-0.25, -0.2) is 4.39 Å². The van der Waals surface area contributed by atoms with Crippen molar-refractivity contribution in [3.05, 3.63) is 64.3 Å². The van der Waals surface area contributed by atoms with Crippen molar-refractivity contribution in [3.8, 4) is 11.5 Å². The molecular formula is C23H22FNO4. The van der Waals surface area contributed by atoms with E-state index in [-0.39, 0.29) is 17.4 Å². The van der Waals surface area contributed by atoms with E-state index in [2.05, 4.69) is 0 Å². The van der Waals surface area contributed by atoms with Crippen LogP contribution < -0.4 is 9.47 Å². The van der Waals surface area contributed by atoms with Gasteiger partial charge in [-0.2, -0.15) is 0 Å². The molecule has 2 heterocycles. The predicted octanol–water partition coefficient (Wildman–Crippen LogP) is 4.61. The normalized spacial score (nSPS) is 13.7. The maximum absolute atomic E-state index is 13.6. The molecule has 0 amide bonds. The number of hydrogen-bond acceptors (Lipinski definition) is 5. The quantitative estimate of drug-likeness (QED) is 0.604. The zero-order valence-electron chi connectivity index (χ0n) is 16.8. The Morgan fingerprint density at radius 3 is 2.59 bits per heavy atom. The van der Waals surface area contributed by atoms with Crippen LogP contribution in [0, 0.1) is 12.7 Å². The minimum Gasteiger partial charge on any atom is -0.493 e. The van der Waals surface area contributed by atoms with E-state index in [1.165, 1.54) is 12.1 Å². The monoisotopic (exact) mass is 395 g/mol. The SMILES string of the molecule is COc1cc2c(cc1OC)CCN(C)C(C(=O)c1oc3ccc(F)cc3c1C)=C2. The number of Topliss-reactive ketones (excluding diaryl/α,β-unsaturated/α-hetero) is 1. The van der Waals surface area contributed by atoms with E-state index in [0.717, 1.165) is 17.5 Å². The molecule has 3 aromatic rings. The van der Waals surface area contributed by atoms with E-state index in [9.17, 15) is 9.18 Å². The fraction of sp³-hybridized carbons (Fsp3) is 0.261.